The Hall–Kier alpha value is -1.55. The third kappa shape index (κ3) is 2.73. The molecule has 7 heteroatoms. The number of likely N-dealkylation sites (tertiary alicyclic amines) is 1. The fourth-order valence-corrected chi connectivity index (χ4v) is 1.72. The van der Waals surface area contributed by atoms with Gasteiger partial charge in [-0.1, -0.05) is 11.8 Å². The molecular formula is C9H12N4O2S. The molecule has 1 saturated heterocycles. The highest BCUT2D eigenvalue weighted by molar-refractivity contribution is 8.13. The Morgan fingerprint density at radius 3 is 2.94 bits per heavy atom. The molecule has 1 fully saturated rings. The molecule has 16 heavy (non-hydrogen) atoms. The molecule has 6 nitrogen and oxygen atoms in total. The summed E-state index contributed by atoms with van der Waals surface area (Å²) in [4.78, 5) is 28.1. The Balaban J connectivity index is 2.78. The maximum atomic E-state index is 11.7. The smallest absolute Gasteiger partial charge is 0.253 e. The van der Waals surface area contributed by atoms with E-state index in [4.69, 9.17) is 5.26 Å². The van der Waals surface area contributed by atoms with Gasteiger partial charge in [0.1, 0.15) is 6.04 Å². The Labute approximate surface area is 97.7 Å². The molecule has 0 spiro atoms. The highest BCUT2D eigenvalue weighted by atomic mass is 32.2. The van der Waals surface area contributed by atoms with Crippen LogP contribution in [0.15, 0.2) is 4.99 Å². The summed E-state index contributed by atoms with van der Waals surface area (Å²) < 4.78 is 0. The Bertz CT molecular complexity index is 374. The lowest BCUT2D eigenvalue weighted by Gasteiger charge is -2.25. The van der Waals surface area contributed by atoms with Gasteiger partial charge in [-0.3, -0.25) is 19.8 Å². The predicted octanol–water partition coefficient (Wildman–Crippen LogP) is -0.0765. The van der Waals surface area contributed by atoms with Gasteiger partial charge >= 0.3 is 0 Å². The fourth-order valence-electron chi connectivity index (χ4n) is 1.34. The van der Waals surface area contributed by atoms with Crippen LogP contribution in [0, 0.1) is 11.5 Å². The van der Waals surface area contributed by atoms with Gasteiger partial charge in [-0.05, 0) is 12.7 Å². The second-order valence-corrected chi connectivity index (χ2v) is 4.02. The minimum absolute atomic E-state index is 0.185. The molecule has 1 unspecified atom stereocenters. The number of nitriles is 1. The van der Waals surface area contributed by atoms with Crippen molar-refractivity contribution in [2.24, 2.45) is 4.99 Å². The van der Waals surface area contributed by atoms with Crippen LogP contribution in [0.2, 0.25) is 0 Å². The van der Waals surface area contributed by atoms with Crippen molar-refractivity contribution in [2.75, 3.05) is 13.3 Å². The summed E-state index contributed by atoms with van der Waals surface area (Å²) in [7, 11) is 1.45. The number of amidine groups is 1. The fraction of sp³-hybridized carbons (Fsp3) is 0.556. The number of carbonyl (C=O) groups is 2. The molecule has 1 aliphatic heterocycles. The third-order valence-electron chi connectivity index (χ3n) is 2.25. The van der Waals surface area contributed by atoms with Crippen molar-refractivity contribution in [3.05, 3.63) is 0 Å². The Morgan fingerprint density at radius 1 is 1.69 bits per heavy atom. The van der Waals surface area contributed by atoms with E-state index in [0.717, 1.165) is 4.90 Å². The van der Waals surface area contributed by atoms with Crippen LogP contribution in [0.4, 0.5) is 0 Å². The van der Waals surface area contributed by atoms with Gasteiger partial charge in [-0.15, -0.1) is 0 Å². The number of amides is 2. The number of carbonyl (C=O) groups excluding carboxylic acids is 2. The molecule has 1 N–H and O–H groups in total. The van der Waals surface area contributed by atoms with Crippen LogP contribution in [-0.4, -0.2) is 41.2 Å². The molecule has 1 aliphatic rings. The quantitative estimate of drug-likeness (QED) is 0.228. The zero-order valence-electron chi connectivity index (χ0n) is 9.06. The van der Waals surface area contributed by atoms with E-state index < -0.39 is 6.04 Å². The normalized spacial score (nSPS) is 21.9. The number of hydrogen-bond donors (Lipinski definition) is 1. The van der Waals surface area contributed by atoms with Crippen molar-refractivity contribution >= 4 is 28.7 Å². The van der Waals surface area contributed by atoms with E-state index in [-0.39, 0.29) is 11.8 Å². The largest absolute Gasteiger partial charge is 0.284 e. The molecule has 0 aromatic rings. The van der Waals surface area contributed by atoms with Gasteiger partial charge in [0.15, 0.2) is 11.4 Å². The van der Waals surface area contributed by atoms with Gasteiger partial charge in [0.25, 0.3) is 5.91 Å². The van der Waals surface area contributed by atoms with E-state index in [2.05, 4.69) is 10.3 Å². The minimum atomic E-state index is -0.564. The molecule has 0 radical (unpaired) electrons. The van der Waals surface area contributed by atoms with Crippen LogP contribution in [0.5, 0.6) is 0 Å². The summed E-state index contributed by atoms with van der Waals surface area (Å²) in [6, 6.07) is -0.564. The molecule has 1 rings (SSSR count). The van der Waals surface area contributed by atoms with Gasteiger partial charge in [0.05, 0.1) is 0 Å². The predicted molar refractivity (Wildman–Crippen MR) is 60.5 cm³/mol. The van der Waals surface area contributed by atoms with E-state index in [1.165, 1.54) is 18.8 Å². The lowest BCUT2D eigenvalue weighted by Crippen LogP contribution is -2.45. The zero-order chi connectivity index (χ0) is 12.1. The van der Waals surface area contributed by atoms with Gasteiger partial charge in [-0.2, -0.15) is 5.26 Å². The maximum Gasteiger partial charge on any atom is 0.253 e. The van der Waals surface area contributed by atoms with Gasteiger partial charge in [-0.25, -0.2) is 4.99 Å². The van der Waals surface area contributed by atoms with Gasteiger partial charge < -0.3 is 0 Å². The topological polar surface area (TPSA) is 85.6 Å². The molecule has 0 aliphatic carbocycles. The number of likely N-dealkylation sites (N-methyl/N-ethyl adjacent to an activating group) is 1. The molecule has 86 valence electrons. The standard InChI is InChI=1S/C9H12N4O2S/c1-13-7(14)4-3-6(8(13)15)12-9(16-2)11-5-10/h6H,3-4H2,1-2H3,(H,11,12). The highest BCUT2D eigenvalue weighted by Gasteiger charge is 2.31. The van der Waals surface area contributed by atoms with E-state index in [9.17, 15) is 9.59 Å². The zero-order valence-corrected chi connectivity index (χ0v) is 9.87. The monoisotopic (exact) mass is 240 g/mol. The lowest BCUT2D eigenvalue weighted by molar-refractivity contribution is -0.147. The van der Waals surface area contributed by atoms with Crippen molar-refractivity contribution in [2.45, 2.75) is 18.9 Å². The highest BCUT2D eigenvalue weighted by Crippen LogP contribution is 2.15. The second-order valence-electron chi connectivity index (χ2n) is 3.22. The molecule has 2 amide bonds. The average Bonchev–Trinajstić information content (AvgIpc) is 2.29. The summed E-state index contributed by atoms with van der Waals surface area (Å²) in [6.45, 7) is 0. The van der Waals surface area contributed by atoms with Crippen molar-refractivity contribution < 1.29 is 9.59 Å². The number of nitrogens with zero attached hydrogens (tertiary/aromatic N) is 3. The second kappa shape index (κ2) is 5.51. The minimum Gasteiger partial charge on any atom is -0.284 e. The van der Waals surface area contributed by atoms with E-state index in [0.29, 0.717) is 18.0 Å². The molecule has 0 saturated carbocycles. The number of rotatable bonds is 1. The Morgan fingerprint density at radius 2 is 2.38 bits per heavy atom. The summed E-state index contributed by atoms with van der Waals surface area (Å²) in [6.07, 6.45) is 4.22. The first-order chi connectivity index (χ1) is 7.60. The van der Waals surface area contributed by atoms with Crippen LogP contribution in [0.25, 0.3) is 0 Å². The Kier molecular flexibility index (Phi) is 4.31. The number of nitrogens with one attached hydrogen (secondary N) is 1. The maximum absolute atomic E-state index is 11.7. The lowest BCUT2D eigenvalue weighted by atomic mass is 10.1. The van der Waals surface area contributed by atoms with Crippen LogP contribution in [-0.2, 0) is 9.59 Å². The molecule has 1 heterocycles. The first-order valence-electron chi connectivity index (χ1n) is 4.67. The summed E-state index contributed by atoms with van der Waals surface area (Å²) in [5, 5.41) is 11.2. The van der Waals surface area contributed by atoms with Gasteiger partial charge in [0.2, 0.25) is 5.91 Å². The van der Waals surface area contributed by atoms with Crippen LogP contribution >= 0.6 is 11.8 Å². The first kappa shape index (κ1) is 12.5. The van der Waals surface area contributed by atoms with Crippen molar-refractivity contribution in [1.29, 1.82) is 5.26 Å². The first-order valence-corrected chi connectivity index (χ1v) is 5.90. The number of thioether (sulfide) groups is 1. The van der Waals surface area contributed by atoms with Crippen molar-refractivity contribution in [3.8, 4) is 6.19 Å². The molecule has 0 aromatic carbocycles. The number of piperidine rings is 1. The van der Waals surface area contributed by atoms with Gasteiger partial charge in [0, 0.05) is 13.5 Å². The average molecular weight is 240 g/mol. The van der Waals surface area contributed by atoms with Crippen molar-refractivity contribution in [3.63, 3.8) is 0 Å². The van der Waals surface area contributed by atoms with Crippen LogP contribution < -0.4 is 5.32 Å². The SMILES string of the molecule is CSC(=NC1CCC(=O)N(C)C1=O)NC#N. The van der Waals surface area contributed by atoms with Crippen LogP contribution in [0.1, 0.15) is 12.8 Å². The van der Waals surface area contributed by atoms with Crippen molar-refractivity contribution in [1.82, 2.24) is 10.2 Å². The number of imide groups is 1. The summed E-state index contributed by atoms with van der Waals surface area (Å²) in [5.41, 5.74) is 0. The molecular weight excluding hydrogens is 228 g/mol. The third-order valence-corrected chi connectivity index (χ3v) is 2.84. The van der Waals surface area contributed by atoms with E-state index >= 15 is 0 Å². The van der Waals surface area contributed by atoms with E-state index in [1.807, 2.05) is 0 Å². The van der Waals surface area contributed by atoms with E-state index in [1.54, 1.807) is 12.4 Å². The van der Waals surface area contributed by atoms with Crippen LogP contribution in [0.3, 0.4) is 0 Å². The summed E-state index contributed by atoms with van der Waals surface area (Å²) in [5.74, 6) is -0.502. The molecule has 0 bridgehead atoms. The molecule has 1 atom stereocenters. The number of hydrogen-bond acceptors (Lipinski definition) is 5. The number of aliphatic imine (C=N–C) groups is 1. The summed E-state index contributed by atoms with van der Waals surface area (Å²) >= 11 is 1.25. The molecule has 0 aromatic heterocycles.